The molecule has 5 heteroatoms. The Morgan fingerprint density at radius 2 is 2.17 bits per heavy atom. The largest absolute Gasteiger partial charge is 0.428 e. The molecule has 0 saturated carbocycles. The standard InChI is InChI=1S/C13H11ClN2O2/c1-13(2)8-4-3-7(5-9(8)16-11(13)17)10-6-15-12(14)18-10/h3-6H,1-2H3,(H,16,17). The van der Waals surface area contributed by atoms with Crippen LogP contribution in [0.25, 0.3) is 11.3 Å². The SMILES string of the molecule is CC1(C)C(=O)Nc2cc(-c3cnc(Cl)o3)ccc21. The van der Waals surface area contributed by atoms with E-state index in [0.29, 0.717) is 5.76 Å². The van der Waals surface area contributed by atoms with Gasteiger partial charge in [-0.25, -0.2) is 4.98 Å². The Morgan fingerprint density at radius 1 is 1.39 bits per heavy atom. The number of carbonyl (C=O) groups excluding carboxylic acids is 1. The van der Waals surface area contributed by atoms with Gasteiger partial charge in [0, 0.05) is 11.3 Å². The third-order valence-corrected chi connectivity index (χ3v) is 3.45. The monoisotopic (exact) mass is 262 g/mol. The zero-order valence-corrected chi connectivity index (χ0v) is 10.7. The normalized spacial score (nSPS) is 16.5. The summed E-state index contributed by atoms with van der Waals surface area (Å²) in [4.78, 5) is 15.7. The maximum atomic E-state index is 11.8. The molecule has 0 atom stereocenters. The van der Waals surface area contributed by atoms with Crippen molar-refractivity contribution in [1.29, 1.82) is 0 Å². The van der Waals surface area contributed by atoms with Crippen molar-refractivity contribution in [3.05, 3.63) is 35.3 Å². The van der Waals surface area contributed by atoms with Gasteiger partial charge in [-0.3, -0.25) is 4.79 Å². The van der Waals surface area contributed by atoms with Crippen LogP contribution in [0.5, 0.6) is 0 Å². The van der Waals surface area contributed by atoms with E-state index in [9.17, 15) is 4.79 Å². The number of aromatic nitrogens is 1. The fraction of sp³-hybridized carbons (Fsp3) is 0.231. The van der Waals surface area contributed by atoms with E-state index in [4.69, 9.17) is 16.0 Å². The number of hydrogen-bond donors (Lipinski definition) is 1. The molecule has 0 spiro atoms. The maximum absolute atomic E-state index is 11.8. The number of fused-ring (bicyclic) bond motifs is 1. The molecule has 0 unspecified atom stereocenters. The average molecular weight is 263 g/mol. The van der Waals surface area contributed by atoms with Gasteiger partial charge in [0.1, 0.15) is 0 Å². The summed E-state index contributed by atoms with van der Waals surface area (Å²) < 4.78 is 5.25. The predicted molar refractivity (Wildman–Crippen MR) is 68.6 cm³/mol. The summed E-state index contributed by atoms with van der Waals surface area (Å²) in [6.07, 6.45) is 1.56. The molecule has 1 amide bonds. The first-order chi connectivity index (χ1) is 8.48. The lowest BCUT2D eigenvalue weighted by Crippen LogP contribution is -2.26. The minimum Gasteiger partial charge on any atom is -0.428 e. The molecule has 0 saturated heterocycles. The molecule has 0 fully saturated rings. The summed E-state index contributed by atoms with van der Waals surface area (Å²) in [6.45, 7) is 3.80. The number of amides is 1. The van der Waals surface area contributed by atoms with E-state index < -0.39 is 5.41 Å². The molecule has 1 aliphatic heterocycles. The van der Waals surface area contributed by atoms with Gasteiger partial charge >= 0.3 is 0 Å². The van der Waals surface area contributed by atoms with E-state index in [1.54, 1.807) is 6.20 Å². The molecular formula is C13H11ClN2O2. The number of benzene rings is 1. The van der Waals surface area contributed by atoms with Gasteiger partial charge in [-0.2, -0.15) is 0 Å². The molecule has 1 aliphatic rings. The number of halogens is 1. The Labute approximate surface area is 109 Å². The first-order valence-electron chi connectivity index (χ1n) is 5.56. The Bertz CT molecular complexity index is 646. The van der Waals surface area contributed by atoms with Crippen molar-refractivity contribution in [1.82, 2.24) is 4.98 Å². The van der Waals surface area contributed by atoms with E-state index in [1.807, 2.05) is 32.0 Å². The molecule has 2 aromatic rings. The van der Waals surface area contributed by atoms with E-state index >= 15 is 0 Å². The van der Waals surface area contributed by atoms with Gasteiger partial charge in [-0.05, 0) is 37.1 Å². The van der Waals surface area contributed by atoms with Crippen LogP contribution in [0.4, 0.5) is 5.69 Å². The molecule has 3 rings (SSSR count). The Kier molecular flexibility index (Phi) is 2.25. The van der Waals surface area contributed by atoms with E-state index in [2.05, 4.69) is 10.3 Å². The van der Waals surface area contributed by atoms with Crippen LogP contribution in [0.3, 0.4) is 0 Å². The summed E-state index contributed by atoms with van der Waals surface area (Å²) in [7, 11) is 0. The lowest BCUT2D eigenvalue weighted by atomic mass is 9.86. The molecule has 0 radical (unpaired) electrons. The molecular weight excluding hydrogens is 252 g/mol. The van der Waals surface area contributed by atoms with Crippen molar-refractivity contribution in [2.24, 2.45) is 0 Å². The second kappa shape index (κ2) is 3.59. The molecule has 1 aromatic heterocycles. The molecule has 4 nitrogen and oxygen atoms in total. The van der Waals surface area contributed by atoms with E-state index in [1.165, 1.54) is 0 Å². The second-order valence-electron chi connectivity index (χ2n) is 4.82. The van der Waals surface area contributed by atoms with Gasteiger partial charge < -0.3 is 9.73 Å². The van der Waals surface area contributed by atoms with Gasteiger partial charge in [0.2, 0.25) is 5.91 Å². The molecule has 18 heavy (non-hydrogen) atoms. The fourth-order valence-corrected chi connectivity index (χ4v) is 2.27. The molecule has 92 valence electrons. The van der Waals surface area contributed by atoms with Gasteiger partial charge in [0.15, 0.2) is 5.76 Å². The van der Waals surface area contributed by atoms with Crippen molar-refractivity contribution in [2.75, 3.05) is 5.32 Å². The van der Waals surface area contributed by atoms with Crippen molar-refractivity contribution in [2.45, 2.75) is 19.3 Å². The van der Waals surface area contributed by atoms with Crippen LogP contribution in [0, 0.1) is 0 Å². The Hall–Kier alpha value is -1.81. The number of anilines is 1. The molecule has 0 bridgehead atoms. The predicted octanol–water partition coefficient (Wildman–Crippen LogP) is 3.22. The zero-order chi connectivity index (χ0) is 12.9. The minimum atomic E-state index is -0.493. The highest BCUT2D eigenvalue weighted by atomic mass is 35.5. The number of carbonyl (C=O) groups is 1. The first-order valence-corrected chi connectivity index (χ1v) is 5.94. The van der Waals surface area contributed by atoms with Crippen LogP contribution in [0.2, 0.25) is 5.35 Å². The van der Waals surface area contributed by atoms with Crippen molar-refractivity contribution >= 4 is 23.2 Å². The third kappa shape index (κ3) is 1.53. The van der Waals surface area contributed by atoms with Crippen LogP contribution in [0.1, 0.15) is 19.4 Å². The molecule has 1 aromatic carbocycles. The Balaban J connectivity index is 2.09. The lowest BCUT2D eigenvalue weighted by molar-refractivity contribution is -0.119. The topological polar surface area (TPSA) is 55.1 Å². The smallest absolute Gasteiger partial charge is 0.292 e. The second-order valence-corrected chi connectivity index (χ2v) is 5.14. The van der Waals surface area contributed by atoms with Crippen LogP contribution in [0.15, 0.2) is 28.8 Å². The van der Waals surface area contributed by atoms with Gasteiger partial charge in [0.25, 0.3) is 5.35 Å². The number of nitrogens with zero attached hydrogens (tertiary/aromatic N) is 1. The first kappa shape index (κ1) is 11.3. The van der Waals surface area contributed by atoms with Crippen LogP contribution in [-0.2, 0) is 10.2 Å². The highest BCUT2D eigenvalue weighted by Gasteiger charge is 2.38. The number of hydrogen-bond acceptors (Lipinski definition) is 3. The highest BCUT2D eigenvalue weighted by molar-refractivity contribution is 6.27. The van der Waals surface area contributed by atoms with Crippen molar-refractivity contribution in [3.8, 4) is 11.3 Å². The van der Waals surface area contributed by atoms with Gasteiger partial charge in [-0.15, -0.1) is 0 Å². The van der Waals surface area contributed by atoms with Crippen LogP contribution in [-0.4, -0.2) is 10.9 Å². The van der Waals surface area contributed by atoms with Crippen LogP contribution >= 0.6 is 11.6 Å². The Morgan fingerprint density at radius 3 is 2.83 bits per heavy atom. The van der Waals surface area contributed by atoms with Gasteiger partial charge in [-0.1, -0.05) is 12.1 Å². The summed E-state index contributed by atoms with van der Waals surface area (Å²) >= 11 is 5.65. The molecule has 1 N–H and O–H groups in total. The summed E-state index contributed by atoms with van der Waals surface area (Å²) in [6, 6.07) is 5.70. The summed E-state index contributed by atoms with van der Waals surface area (Å²) in [5, 5.41) is 2.98. The summed E-state index contributed by atoms with van der Waals surface area (Å²) in [5.74, 6) is 0.590. The number of oxazole rings is 1. The fourth-order valence-electron chi connectivity index (χ4n) is 2.13. The number of nitrogens with one attached hydrogen (secondary N) is 1. The van der Waals surface area contributed by atoms with Crippen LogP contribution < -0.4 is 5.32 Å². The number of rotatable bonds is 1. The molecule has 0 aliphatic carbocycles. The highest BCUT2D eigenvalue weighted by Crippen LogP contribution is 2.39. The van der Waals surface area contributed by atoms with E-state index in [-0.39, 0.29) is 11.3 Å². The minimum absolute atomic E-state index is 0.00486. The average Bonchev–Trinajstić information content (AvgIpc) is 2.83. The van der Waals surface area contributed by atoms with Gasteiger partial charge in [0.05, 0.1) is 11.6 Å². The van der Waals surface area contributed by atoms with Crippen molar-refractivity contribution < 1.29 is 9.21 Å². The third-order valence-electron chi connectivity index (χ3n) is 3.27. The molecule has 2 heterocycles. The van der Waals surface area contributed by atoms with E-state index in [0.717, 1.165) is 16.8 Å². The summed E-state index contributed by atoms with van der Waals surface area (Å²) in [5.41, 5.74) is 2.15. The van der Waals surface area contributed by atoms with Crippen molar-refractivity contribution in [3.63, 3.8) is 0 Å². The lowest BCUT2D eigenvalue weighted by Gasteiger charge is -2.14. The maximum Gasteiger partial charge on any atom is 0.292 e. The quantitative estimate of drug-likeness (QED) is 0.858. The zero-order valence-electron chi connectivity index (χ0n) is 9.95.